The highest BCUT2D eigenvalue weighted by atomic mass is 19.1. The normalized spacial score (nSPS) is 11.1. The minimum atomic E-state index is -0.726. The van der Waals surface area contributed by atoms with Gasteiger partial charge in [0.05, 0.1) is 16.8 Å². The predicted octanol–water partition coefficient (Wildman–Crippen LogP) is 5.51. The third-order valence-corrected chi connectivity index (χ3v) is 5.61. The highest BCUT2D eigenvalue weighted by Crippen LogP contribution is 2.25. The number of rotatable bonds is 5. The second-order valence-corrected chi connectivity index (χ2v) is 7.93. The number of halogens is 1. The molecule has 1 N–H and O–H groups in total. The van der Waals surface area contributed by atoms with Gasteiger partial charge in [0.15, 0.2) is 0 Å². The number of fused-ring (bicyclic) bond motifs is 2. The first-order chi connectivity index (χ1) is 16.0. The lowest BCUT2D eigenvalue weighted by molar-refractivity contribution is -0.112. The van der Waals surface area contributed by atoms with Crippen molar-refractivity contribution in [2.24, 2.45) is 0 Å². The molecule has 3 aromatic carbocycles. The first-order valence-corrected chi connectivity index (χ1v) is 10.5. The number of nitrogens with zero attached hydrogens (tertiary/aromatic N) is 2. The predicted molar refractivity (Wildman–Crippen MR) is 127 cm³/mol. The van der Waals surface area contributed by atoms with Crippen molar-refractivity contribution in [3.05, 3.63) is 108 Å². The summed E-state index contributed by atoms with van der Waals surface area (Å²) in [5, 5.41) is 4.30. The SMILES string of the molecule is Cc1ccc2cccc(NC(=O)C(=O)c3cn(Cc4ccc(F)cc4)c4ccccc34)c2n1. The first kappa shape index (κ1) is 20.6. The molecule has 0 radical (unpaired) electrons. The zero-order chi connectivity index (χ0) is 22.9. The molecule has 0 saturated heterocycles. The number of anilines is 1. The zero-order valence-electron chi connectivity index (χ0n) is 17.9. The molecule has 0 aliphatic rings. The van der Waals surface area contributed by atoms with E-state index in [9.17, 15) is 14.0 Å². The lowest BCUT2D eigenvalue weighted by atomic mass is 10.1. The van der Waals surface area contributed by atoms with E-state index in [1.807, 2.05) is 60.0 Å². The van der Waals surface area contributed by atoms with Crippen molar-refractivity contribution in [2.45, 2.75) is 13.5 Å². The first-order valence-electron chi connectivity index (χ1n) is 10.5. The van der Waals surface area contributed by atoms with E-state index >= 15 is 0 Å². The Labute approximate surface area is 189 Å². The van der Waals surface area contributed by atoms with Crippen LogP contribution >= 0.6 is 0 Å². The Kier molecular flexibility index (Phi) is 5.18. The molecule has 6 heteroatoms. The minimum Gasteiger partial charge on any atom is -0.342 e. The molecular weight excluding hydrogens is 417 g/mol. The number of amides is 1. The molecule has 0 aliphatic carbocycles. The molecule has 1 amide bonds. The number of pyridine rings is 1. The highest BCUT2D eigenvalue weighted by Gasteiger charge is 2.22. The fourth-order valence-corrected chi connectivity index (χ4v) is 3.99. The summed E-state index contributed by atoms with van der Waals surface area (Å²) in [6.07, 6.45) is 1.68. The van der Waals surface area contributed by atoms with Crippen LogP contribution in [0.2, 0.25) is 0 Å². The number of para-hydroxylation sites is 2. The third kappa shape index (κ3) is 3.99. The van der Waals surface area contributed by atoms with Gasteiger partial charge in [-0.05, 0) is 42.8 Å². The number of hydrogen-bond acceptors (Lipinski definition) is 3. The molecular formula is C27H20FN3O2. The molecule has 0 fully saturated rings. The second-order valence-electron chi connectivity index (χ2n) is 7.93. The van der Waals surface area contributed by atoms with Crippen LogP contribution in [0.3, 0.4) is 0 Å². The summed E-state index contributed by atoms with van der Waals surface area (Å²) in [6, 6.07) is 22.9. The number of Topliss-reactive ketones (excluding diaryl/α,β-unsaturated/α-hetero) is 1. The zero-order valence-corrected chi connectivity index (χ0v) is 17.9. The lowest BCUT2D eigenvalue weighted by Crippen LogP contribution is -2.23. The van der Waals surface area contributed by atoms with Gasteiger partial charge in [-0.15, -0.1) is 0 Å². The van der Waals surface area contributed by atoms with Gasteiger partial charge in [0.2, 0.25) is 0 Å². The van der Waals surface area contributed by atoms with Gasteiger partial charge in [-0.2, -0.15) is 0 Å². The molecule has 5 aromatic rings. The summed E-state index contributed by atoms with van der Waals surface area (Å²) in [7, 11) is 0. The lowest BCUT2D eigenvalue weighted by Gasteiger charge is -2.08. The molecule has 33 heavy (non-hydrogen) atoms. The summed E-state index contributed by atoms with van der Waals surface area (Å²) < 4.78 is 15.2. The fraction of sp³-hybridized carbons (Fsp3) is 0.0741. The average molecular weight is 437 g/mol. The van der Waals surface area contributed by atoms with Crippen molar-refractivity contribution in [2.75, 3.05) is 5.32 Å². The standard InChI is InChI=1S/C27H20FN3O2/c1-17-9-12-19-5-4-7-23(25(19)29-17)30-27(33)26(32)22-16-31(24-8-3-2-6-21(22)24)15-18-10-13-20(28)14-11-18/h2-14,16H,15H2,1H3,(H,30,33). The number of ketones is 1. The molecule has 0 aliphatic heterocycles. The van der Waals surface area contributed by atoms with Crippen LogP contribution in [0.5, 0.6) is 0 Å². The molecule has 0 spiro atoms. The van der Waals surface area contributed by atoms with Gasteiger partial charge in [0.1, 0.15) is 5.82 Å². The van der Waals surface area contributed by atoms with Gasteiger partial charge in [0.25, 0.3) is 11.7 Å². The van der Waals surface area contributed by atoms with Crippen LogP contribution in [0.15, 0.2) is 85.1 Å². The number of benzene rings is 3. The maximum Gasteiger partial charge on any atom is 0.296 e. The van der Waals surface area contributed by atoms with Gasteiger partial charge >= 0.3 is 0 Å². The third-order valence-electron chi connectivity index (χ3n) is 5.61. The van der Waals surface area contributed by atoms with E-state index in [0.29, 0.717) is 28.7 Å². The summed E-state index contributed by atoms with van der Waals surface area (Å²) in [6.45, 7) is 2.32. The molecule has 162 valence electrons. The number of aromatic nitrogens is 2. The van der Waals surface area contributed by atoms with Gasteiger partial charge in [-0.25, -0.2) is 4.39 Å². The van der Waals surface area contributed by atoms with Crippen LogP contribution in [0, 0.1) is 12.7 Å². The van der Waals surface area contributed by atoms with Crippen molar-refractivity contribution in [1.29, 1.82) is 0 Å². The highest BCUT2D eigenvalue weighted by molar-refractivity contribution is 6.48. The number of hydrogen-bond donors (Lipinski definition) is 1. The maximum absolute atomic E-state index is 13.3. The van der Waals surface area contributed by atoms with Crippen LogP contribution in [0.4, 0.5) is 10.1 Å². The van der Waals surface area contributed by atoms with Crippen molar-refractivity contribution in [3.63, 3.8) is 0 Å². The van der Waals surface area contributed by atoms with Crippen LogP contribution in [0.1, 0.15) is 21.6 Å². The Balaban J connectivity index is 1.48. The van der Waals surface area contributed by atoms with Gasteiger partial charge < -0.3 is 9.88 Å². The van der Waals surface area contributed by atoms with E-state index in [-0.39, 0.29) is 5.82 Å². The van der Waals surface area contributed by atoms with Crippen molar-refractivity contribution < 1.29 is 14.0 Å². The van der Waals surface area contributed by atoms with E-state index in [2.05, 4.69) is 10.3 Å². The Hall–Kier alpha value is -4.32. The summed E-state index contributed by atoms with van der Waals surface area (Å²) in [4.78, 5) is 30.6. The molecule has 0 saturated carbocycles. The molecule has 2 heterocycles. The van der Waals surface area contributed by atoms with E-state index in [1.165, 1.54) is 12.1 Å². The summed E-state index contributed by atoms with van der Waals surface area (Å²) in [5.41, 5.74) is 3.97. The monoisotopic (exact) mass is 437 g/mol. The van der Waals surface area contributed by atoms with E-state index in [0.717, 1.165) is 22.2 Å². The quantitative estimate of drug-likeness (QED) is 0.291. The smallest absolute Gasteiger partial charge is 0.296 e. The molecule has 2 aromatic heterocycles. The number of aryl methyl sites for hydroxylation is 1. The Bertz CT molecular complexity index is 1520. The Morgan fingerprint density at radius 2 is 1.73 bits per heavy atom. The van der Waals surface area contributed by atoms with Crippen LogP contribution < -0.4 is 5.32 Å². The van der Waals surface area contributed by atoms with Gasteiger partial charge in [0, 0.05) is 34.7 Å². The van der Waals surface area contributed by atoms with E-state index < -0.39 is 11.7 Å². The Morgan fingerprint density at radius 3 is 2.55 bits per heavy atom. The largest absolute Gasteiger partial charge is 0.342 e. The molecule has 0 unspecified atom stereocenters. The topological polar surface area (TPSA) is 64.0 Å². The van der Waals surface area contributed by atoms with Crippen molar-refractivity contribution in [1.82, 2.24) is 9.55 Å². The van der Waals surface area contributed by atoms with Crippen LogP contribution in [0.25, 0.3) is 21.8 Å². The van der Waals surface area contributed by atoms with E-state index in [4.69, 9.17) is 0 Å². The average Bonchev–Trinajstić information content (AvgIpc) is 3.19. The molecule has 0 bridgehead atoms. The second kappa shape index (κ2) is 8.31. The summed E-state index contributed by atoms with van der Waals surface area (Å²) in [5.74, 6) is -1.66. The van der Waals surface area contributed by atoms with Crippen molar-refractivity contribution >= 4 is 39.2 Å². The van der Waals surface area contributed by atoms with Crippen molar-refractivity contribution in [3.8, 4) is 0 Å². The fourth-order valence-electron chi connectivity index (χ4n) is 3.99. The number of nitrogens with one attached hydrogen (secondary N) is 1. The Morgan fingerprint density at radius 1 is 0.939 bits per heavy atom. The van der Waals surface area contributed by atoms with Crippen LogP contribution in [-0.2, 0) is 11.3 Å². The number of carbonyl (C=O) groups excluding carboxylic acids is 2. The van der Waals surface area contributed by atoms with Crippen LogP contribution in [-0.4, -0.2) is 21.2 Å². The summed E-state index contributed by atoms with van der Waals surface area (Å²) >= 11 is 0. The molecule has 5 nitrogen and oxygen atoms in total. The number of carbonyl (C=O) groups is 2. The van der Waals surface area contributed by atoms with E-state index in [1.54, 1.807) is 24.4 Å². The minimum absolute atomic E-state index is 0.304. The molecule has 5 rings (SSSR count). The van der Waals surface area contributed by atoms with Gasteiger partial charge in [-0.3, -0.25) is 14.6 Å². The molecule has 0 atom stereocenters. The van der Waals surface area contributed by atoms with Gasteiger partial charge in [-0.1, -0.05) is 48.5 Å². The maximum atomic E-state index is 13.3.